The van der Waals surface area contributed by atoms with Crippen LogP contribution in [0.2, 0.25) is 0 Å². The van der Waals surface area contributed by atoms with Crippen LogP contribution < -0.4 is 4.74 Å². The van der Waals surface area contributed by atoms with Gasteiger partial charge < -0.3 is 4.74 Å². The molecule has 1 fully saturated rings. The van der Waals surface area contributed by atoms with Gasteiger partial charge in [-0.2, -0.15) is 0 Å². The maximum Gasteiger partial charge on any atom is 0.119 e. The van der Waals surface area contributed by atoms with Crippen LogP contribution in [-0.4, -0.2) is 6.61 Å². The molecule has 0 aromatic heterocycles. The SMILES string of the molecule is C#CC1CCC(c2ccc(OCCC)cc2)CC1. The first-order valence-corrected chi connectivity index (χ1v) is 7.02. The van der Waals surface area contributed by atoms with Crippen molar-refractivity contribution in [2.45, 2.75) is 44.9 Å². The van der Waals surface area contributed by atoms with Crippen molar-refractivity contribution in [2.75, 3.05) is 6.61 Å². The summed E-state index contributed by atoms with van der Waals surface area (Å²) < 4.78 is 5.61. The Hall–Kier alpha value is -1.42. The molecule has 0 unspecified atom stereocenters. The van der Waals surface area contributed by atoms with Gasteiger partial charge in [0.05, 0.1) is 6.61 Å². The quantitative estimate of drug-likeness (QED) is 0.712. The molecule has 0 bridgehead atoms. The smallest absolute Gasteiger partial charge is 0.119 e. The molecule has 1 saturated carbocycles. The molecule has 0 heterocycles. The van der Waals surface area contributed by atoms with Gasteiger partial charge in [0.1, 0.15) is 5.75 Å². The van der Waals surface area contributed by atoms with E-state index in [1.54, 1.807) is 0 Å². The average Bonchev–Trinajstić information content (AvgIpc) is 2.46. The highest BCUT2D eigenvalue weighted by molar-refractivity contribution is 5.29. The Morgan fingerprint density at radius 2 is 1.83 bits per heavy atom. The molecular weight excluding hydrogens is 220 g/mol. The molecule has 1 aromatic carbocycles. The van der Waals surface area contributed by atoms with Gasteiger partial charge in [-0.3, -0.25) is 0 Å². The highest BCUT2D eigenvalue weighted by Gasteiger charge is 2.20. The lowest BCUT2D eigenvalue weighted by molar-refractivity contribution is 0.317. The second-order valence-electron chi connectivity index (χ2n) is 5.13. The van der Waals surface area contributed by atoms with Crippen LogP contribution in [0.15, 0.2) is 24.3 Å². The first-order valence-electron chi connectivity index (χ1n) is 7.02. The van der Waals surface area contributed by atoms with Crippen LogP contribution in [-0.2, 0) is 0 Å². The second kappa shape index (κ2) is 6.50. The monoisotopic (exact) mass is 242 g/mol. The van der Waals surface area contributed by atoms with Gasteiger partial charge in [-0.25, -0.2) is 0 Å². The van der Waals surface area contributed by atoms with E-state index in [4.69, 9.17) is 11.2 Å². The maximum absolute atomic E-state index is 5.61. The number of ether oxygens (including phenoxy) is 1. The van der Waals surface area contributed by atoms with E-state index in [0.717, 1.165) is 18.8 Å². The van der Waals surface area contributed by atoms with Gasteiger partial charge in [0, 0.05) is 5.92 Å². The molecule has 0 saturated heterocycles. The molecule has 2 rings (SSSR count). The van der Waals surface area contributed by atoms with Crippen LogP contribution in [0.1, 0.15) is 50.5 Å². The Kier molecular flexibility index (Phi) is 4.70. The Labute approximate surface area is 111 Å². The van der Waals surface area contributed by atoms with E-state index in [1.165, 1.54) is 31.2 Å². The zero-order chi connectivity index (χ0) is 12.8. The Morgan fingerprint density at radius 3 is 2.39 bits per heavy atom. The number of hydrogen-bond donors (Lipinski definition) is 0. The molecule has 0 radical (unpaired) electrons. The molecule has 0 aliphatic heterocycles. The molecule has 0 N–H and O–H groups in total. The number of rotatable bonds is 4. The van der Waals surface area contributed by atoms with E-state index in [2.05, 4.69) is 37.1 Å². The first-order chi connectivity index (χ1) is 8.83. The van der Waals surface area contributed by atoms with Crippen LogP contribution >= 0.6 is 0 Å². The largest absolute Gasteiger partial charge is 0.494 e. The summed E-state index contributed by atoms with van der Waals surface area (Å²) in [5.41, 5.74) is 1.44. The maximum atomic E-state index is 5.61. The predicted octanol–water partition coefficient (Wildman–Crippen LogP) is 4.38. The van der Waals surface area contributed by atoms with Crippen LogP contribution in [0.4, 0.5) is 0 Å². The molecule has 0 amide bonds. The predicted molar refractivity (Wildman–Crippen MR) is 75.8 cm³/mol. The van der Waals surface area contributed by atoms with E-state index in [9.17, 15) is 0 Å². The summed E-state index contributed by atoms with van der Waals surface area (Å²) in [6.45, 7) is 2.92. The zero-order valence-electron chi connectivity index (χ0n) is 11.2. The van der Waals surface area contributed by atoms with Crippen molar-refractivity contribution in [2.24, 2.45) is 5.92 Å². The number of hydrogen-bond acceptors (Lipinski definition) is 1. The summed E-state index contributed by atoms with van der Waals surface area (Å²) in [7, 11) is 0. The van der Waals surface area contributed by atoms with Crippen molar-refractivity contribution in [1.29, 1.82) is 0 Å². The first kappa shape index (κ1) is 13.0. The molecule has 96 valence electrons. The fraction of sp³-hybridized carbons (Fsp3) is 0.529. The summed E-state index contributed by atoms with van der Waals surface area (Å²) in [4.78, 5) is 0. The summed E-state index contributed by atoms with van der Waals surface area (Å²) >= 11 is 0. The summed E-state index contributed by atoms with van der Waals surface area (Å²) in [5, 5.41) is 0. The Balaban J connectivity index is 1.92. The Morgan fingerprint density at radius 1 is 1.17 bits per heavy atom. The number of benzene rings is 1. The van der Waals surface area contributed by atoms with Gasteiger partial charge in [0.2, 0.25) is 0 Å². The van der Waals surface area contributed by atoms with Crippen molar-refractivity contribution < 1.29 is 4.74 Å². The van der Waals surface area contributed by atoms with E-state index in [-0.39, 0.29) is 0 Å². The van der Waals surface area contributed by atoms with Gasteiger partial charge in [-0.05, 0) is 55.7 Å². The van der Waals surface area contributed by atoms with E-state index in [1.807, 2.05) is 0 Å². The summed E-state index contributed by atoms with van der Waals surface area (Å²) in [5.74, 6) is 5.07. The fourth-order valence-corrected chi connectivity index (χ4v) is 2.65. The molecule has 0 atom stereocenters. The standard InChI is InChI=1S/C17H22O/c1-3-13-18-17-11-9-16(10-12-17)15-7-5-14(4-2)6-8-15/h2,9-12,14-15H,3,5-8,13H2,1H3. The lowest BCUT2D eigenvalue weighted by atomic mass is 9.79. The van der Waals surface area contributed by atoms with Gasteiger partial charge in [-0.1, -0.05) is 19.1 Å². The zero-order valence-corrected chi connectivity index (χ0v) is 11.2. The normalized spacial score (nSPS) is 23.3. The minimum atomic E-state index is 0.508. The van der Waals surface area contributed by atoms with Crippen molar-refractivity contribution in [3.05, 3.63) is 29.8 Å². The highest BCUT2D eigenvalue weighted by atomic mass is 16.5. The minimum absolute atomic E-state index is 0.508. The van der Waals surface area contributed by atoms with Crippen molar-refractivity contribution in [1.82, 2.24) is 0 Å². The van der Waals surface area contributed by atoms with E-state index in [0.29, 0.717) is 11.8 Å². The van der Waals surface area contributed by atoms with Crippen molar-refractivity contribution >= 4 is 0 Å². The van der Waals surface area contributed by atoms with Crippen molar-refractivity contribution in [3.63, 3.8) is 0 Å². The fourth-order valence-electron chi connectivity index (χ4n) is 2.65. The summed E-state index contributed by atoms with van der Waals surface area (Å²) in [6, 6.07) is 8.62. The van der Waals surface area contributed by atoms with Gasteiger partial charge in [0.15, 0.2) is 0 Å². The molecule has 1 heteroatoms. The number of terminal acetylenes is 1. The molecule has 1 aromatic rings. The molecule has 0 spiro atoms. The third kappa shape index (κ3) is 3.29. The average molecular weight is 242 g/mol. The lowest BCUT2D eigenvalue weighted by Gasteiger charge is -2.26. The summed E-state index contributed by atoms with van der Waals surface area (Å²) in [6.07, 6.45) is 11.3. The van der Waals surface area contributed by atoms with Gasteiger partial charge >= 0.3 is 0 Å². The minimum Gasteiger partial charge on any atom is -0.494 e. The molecular formula is C17H22O. The van der Waals surface area contributed by atoms with Gasteiger partial charge in [0.25, 0.3) is 0 Å². The third-order valence-corrected chi connectivity index (χ3v) is 3.79. The van der Waals surface area contributed by atoms with Gasteiger partial charge in [-0.15, -0.1) is 12.3 Å². The Bertz CT molecular complexity index is 391. The van der Waals surface area contributed by atoms with Crippen molar-refractivity contribution in [3.8, 4) is 18.1 Å². The highest BCUT2D eigenvalue weighted by Crippen LogP contribution is 2.35. The van der Waals surface area contributed by atoms with E-state index < -0.39 is 0 Å². The second-order valence-corrected chi connectivity index (χ2v) is 5.13. The molecule has 1 aliphatic carbocycles. The molecule has 1 aliphatic rings. The topological polar surface area (TPSA) is 9.23 Å². The lowest BCUT2D eigenvalue weighted by Crippen LogP contribution is -2.11. The van der Waals surface area contributed by atoms with Crippen LogP contribution in [0.3, 0.4) is 0 Å². The molecule has 1 nitrogen and oxygen atoms in total. The third-order valence-electron chi connectivity index (χ3n) is 3.79. The van der Waals surface area contributed by atoms with Crippen LogP contribution in [0, 0.1) is 18.3 Å². The molecule has 18 heavy (non-hydrogen) atoms. The van der Waals surface area contributed by atoms with Crippen LogP contribution in [0.25, 0.3) is 0 Å². The van der Waals surface area contributed by atoms with E-state index >= 15 is 0 Å². The van der Waals surface area contributed by atoms with Crippen LogP contribution in [0.5, 0.6) is 5.75 Å².